The minimum Gasteiger partial charge on any atom is -0.353 e. The summed E-state index contributed by atoms with van der Waals surface area (Å²) < 4.78 is 0. The van der Waals surface area contributed by atoms with E-state index in [1.54, 1.807) is 11.3 Å². The average Bonchev–Trinajstić information content (AvgIpc) is 2.93. The molecule has 0 radical (unpaired) electrons. The lowest BCUT2D eigenvalue weighted by Gasteiger charge is -2.28. The first-order chi connectivity index (χ1) is 10.8. The Hall–Kier alpha value is -1.85. The van der Waals surface area contributed by atoms with Crippen LogP contribution < -0.4 is 10.6 Å². The number of hydrogen-bond acceptors (Lipinski definition) is 4. The van der Waals surface area contributed by atoms with E-state index < -0.39 is 0 Å². The quantitative estimate of drug-likeness (QED) is 0.896. The van der Waals surface area contributed by atoms with Crippen LogP contribution in [0.15, 0.2) is 30.3 Å². The van der Waals surface area contributed by atoms with Crippen molar-refractivity contribution in [1.82, 2.24) is 10.2 Å². The van der Waals surface area contributed by atoms with Gasteiger partial charge in [0, 0.05) is 18.0 Å². The van der Waals surface area contributed by atoms with Gasteiger partial charge in [0.05, 0.1) is 5.56 Å². The van der Waals surface area contributed by atoms with E-state index in [-0.39, 0.29) is 12.1 Å². The molecule has 0 spiro atoms. The molecule has 4 nitrogen and oxygen atoms in total. The molecule has 1 aromatic heterocycles. The summed E-state index contributed by atoms with van der Waals surface area (Å²) in [6.45, 7) is 5.26. The Balaban J connectivity index is 1.68. The highest BCUT2D eigenvalue weighted by atomic mass is 32.1. The second-order valence-electron chi connectivity index (χ2n) is 5.79. The van der Waals surface area contributed by atoms with Gasteiger partial charge < -0.3 is 10.6 Å². The maximum atomic E-state index is 12.6. The van der Waals surface area contributed by atoms with Crippen LogP contribution >= 0.6 is 11.3 Å². The number of thiophene rings is 1. The first-order valence-corrected chi connectivity index (χ1v) is 8.57. The predicted molar refractivity (Wildman–Crippen MR) is 89.2 cm³/mol. The third-order valence-corrected chi connectivity index (χ3v) is 5.64. The van der Waals surface area contributed by atoms with Crippen LogP contribution in [0, 0.1) is 0 Å². The van der Waals surface area contributed by atoms with Gasteiger partial charge in [-0.05, 0) is 24.1 Å². The number of rotatable bonds is 2. The smallest absolute Gasteiger partial charge is 0.256 e. The molecule has 1 amide bonds. The van der Waals surface area contributed by atoms with E-state index >= 15 is 0 Å². The van der Waals surface area contributed by atoms with Gasteiger partial charge in [-0.1, -0.05) is 37.3 Å². The third kappa shape index (κ3) is 2.21. The summed E-state index contributed by atoms with van der Waals surface area (Å²) in [6, 6.07) is 10.1. The zero-order chi connectivity index (χ0) is 15.1. The van der Waals surface area contributed by atoms with Crippen molar-refractivity contribution in [2.45, 2.75) is 26.1 Å². The van der Waals surface area contributed by atoms with Gasteiger partial charge in [0.1, 0.15) is 11.2 Å². The average molecular weight is 313 g/mol. The molecule has 2 aromatic rings. The standard InChI is InChI=1S/C17H19N3OS/c1-2-20-9-8-12-13(10-20)22-17-14(12)16(21)18-15(19-17)11-6-4-3-5-7-11/h3-7,15,19H,2,8-10H2,1H3,(H,18,21)/t15-/m1/s1. The maximum Gasteiger partial charge on any atom is 0.256 e. The number of anilines is 1. The molecule has 2 aliphatic heterocycles. The predicted octanol–water partition coefficient (Wildman–Crippen LogP) is 2.98. The van der Waals surface area contributed by atoms with Crippen LogP contribution in [-0.2, 0) is 13.0 Å². The van der Waals surface area contributed by atoms with Gasteiger partial charge in [-0.15, -0.1) is 11.3 Å². The highest BCUT2D eigenvalue weighted by molar-refractivity contribution is 7.16. The van der Waals surface area contributed by atoms with E-state index in [0.29, 0.717) is 0 Å². The van der Waals surface area contributed by atoms with Gasteiger partial charge in [-0.25, -0.2) is 0 Å². The fourth-order valence-electron chi connectivity index (χ4n) is 3.25. The molecular weight excluding hydrogens is 294 g/mol. The van der Waals surface area contributed by atoms with Crippen molar-refractivity contribution in [3.8, 4) is 0 Å². The van der Waals surface area contributed by atoms with Crippen molar-refractivity contribution in [2.75, 3.05) is 18.4 Å². The third-order valence-electron chi connectivity index (χ3n) is 4.49. The van der Waals surface area contributed by atoms with Gasteiger partial charge in [0.15, 0.2) is 0 Å². The second-order valence-corrected chi connectivity index (χ2v) is 6.89. The molecule has 1 atom stereocenters. The van der Waals surface area contributed by atoms with Crippen molar-refractivity contribution in [1.29, 1.82) is 0 Å². The van der Waals surface area contributed by atoms with E-state index in [1.165, 1.54) is 10.4 Å². The lowest BCUT2D eigenvalue weighted by Crippen LogP contribution is -2.38. The SMILES string of the molecule is CCN1CCc2c(sc3c2C(=O)N[C@@H](c2ccccc2)N3)C1. The number of carbonyl (C=O) groups is 1. The number of benzene rings is 1. The van der Waals surface area contributed by atoms with Crippen LogP contribution in [0.4, 0.5) is 5.00 Å². The Morgan fingerprint density at radius 2 is 2.09 bits per heavy atom. The fraction of sp³-hybridized carbons (Fsp3) is 0.353. The molecular formula is C17H19N3OS. The summed E-state index contributed by atoms with van der Waals surface area (Å²) in [5.74, 6) is 0.0602. The topological polar surface area (TPSA) is 44.4 Å². The molecule has 0 aliphatic carbocycles. The number of carbonyl (C=O) groups excluding carboxylic acids is 1. The molecule has 2 aliphatic rings. The summed E-state index contributed by atoms with van der Waals surface area (Å²) in [7, 11) is 0. The van der Waals surface area contributed by atoms with Crippen molar-refractivity contribution >= 4 is 22.2 Å². The highest BCUT2D eigenvalue weighted by Gasteiger charge is 2.32. The number of nitrogens with zero attached hydrogens (tertiary/aromatic N) is 1. The number of fused-ring (bicyclic) bond motifs is 3. The molecule has 0 saturated heterocycles. The minimum atomic E-state index is -0.136. The molecule has 0 fully saturated rings. The Labute approximate surface area is 134 Å². The number of nitrogens with one attached hydrogen (secondary N) is 2. The minimum absolute atomic E-state index is 0.0602. The molecule has 1 aromatic carbocycles. The van der Waals surface area contributed by atoms with Crippen LogP contribution in [-0.4, -0.2) is 23.9 Å². The van der Waals surface area contributed by atoms with Gasteiger partial charge in [-0.3, -0.25) is 9.69 Å². The molecule has 5 heteroatoms. The van der Waals surface area contributed by atoms with Crippen molar-refractivity contribution in [3.05, 3.63) is 51.9 Å². The van der Waals surface area contributed by atoms with Crippen LogP contribution in [0.5, 0.6) is 0 Å². The monoisotopic (exact) mass is 313 g/mol. The molecule has 0 saturated carbocycles. The van der Waals surface area contributed by atoms with Crippen LogP contribution in [0.3, 0.4) is 0 Å². The molecule has 2 N–H and O–H groups in total. The molecule has 22 heavy (non-hydrogen) atoms. The van der Waals surface area contributed by atoms with E-state index in [1.807, 2.05) is 30.3 Å². The van der Waals surface area contributed by atoms with E-state index in [2.05, 4.69) is 22.5 Å². The number of likely N-dealkylation sites (N-methyl/N-ethyl adjacent to an activating group) is 1. The number of hydrogen-bond donors (Lipinski definition) is 2. The normalized spacial score (nSPS) is 20.8. The summed E-state index contributed by atoms with van der Waals surface area (Å²) in [6.07, 6.45) is 0.837. The Bertz CT molecular complexity index is 710. The first kappa shape index (κ1) is 13.8. The highest BCUT2D eigenvalue weighted by Crippen LogP contribution is 2.40. The van der Waals surface area contributed by atoms with Gasteiger partial charge in [0.25, 0.3) is 5.91 Å². The van der Waals surface area contributed by atoms with Crippen LogP contribution in [0.2, 0.25) is 0 Å². The second kappa shape index (κ2) is 5.41. The van der Waals surface area contributed by atoms with Gasteiger partial charge in [0.2, 0.25) is 0 Å². The lowest BCUT2D eigenvalue weighted by atomic mass is 10.0. The lowest BCUT2D eigenvalue weighted by molar-refractivity contribution is 0.0934. The summed E-state index contributed by atoms with van der Waals surface area (Å²) in [5, 5.41) is 7.62. The zero-order valence-electron chi connectivity index (χ0n) is 12.6. The van der Waals surface area contributed by atoms with E-state index in [0.717, 1.165) is 42.2 Å². The van der Waals surface area contributed by atoms with Crippen molar-refractivity contribution in [2.24, 2.45) is 0 Å². The number of amides is 1. The van der Waals surface area contributed by atoms with Crippen LogP contribution in [0.1, 0.15) is 39.5 Å². The van der Waals surface area contributed by atoms with Crippen molar-refractivity contribution in [3.63, 3.8) is 0 Å². The Morgan fingerprint density at radius 1 is 1.27 bits per heavy atom. The molecule has 0 unspecified atom stereocenters. The summed E-state index contributed by atoms with van der Waals surface area (Å²) in [4.78, 5) is 16.4. The maximum absolute atomic E-state index is 12.6. The Morgan fingerprint density at radius 3 is 2.86 bits per heavy atom. The van der Waals surface area contributed by atoms with Crippen LogP contribution in [0.25, 0.3) is 0 Å². The molecule has 0 bridgehead atoms. The largest absolute Gasteiger partial charge is 0.353 e. The fourth-order valence-corrected chi connectivity index (χ4v) is 4.57. The molecule has 4 rings (SSSR count). The van der Waals surface area contributed by atoms with E-state index in [4.69, 9.17) is 0 Å². The summed E-state index contributed by atoms with van der Waals surface area (Å²) >= 11 is 1.75. The first-order valence-electron chi connectivity index (χ1n) is 7.75. The Kier molecular flexibility index (Phi) is 3.39. The molecule has 3 heterocycles. The van der Waals surface area contributed by atoms with Gasteiger partial charge >= 0.3 is 0 Å². The van der Waals surface area contributed by atoms with Gasteiger partial charge in [-0.2, -0.15) is 0 Å². The zero-order valence-corrected chi connectivity index (χ0v) is 13.4. The molecule has 114 valence electrons. The van der Waals surface area contributed by atoms with Crippen molar-refractivity contribution < 1.29 is 4.79 Å². The van der Waals surface area contributed by atoms with E-state index in [9.17, 15) is 4.79 Å². The summed E-state index contributed by atoms with van der Waals surface area (Å²) in [5.41, 5.74) is 3.22.